The fraction of sp³-hybridized carbons (Fsp3) is 0.429. The van der Waals surface area contributed by atoms with Gasteiger partial charge in [0.2, 0.25) is 0 Å². The Hall–Kier alpha value is -1.75. The van der Waals surface area contributed by atoms with Crippen molar-refractivity contribution in [3.05, 3.63) is 58.1 Å². The molecule has 0 atom stereocenters. The lowest BCUT2D eigenvalue weighted by Gasteiger charge is -2.15. The fourth-order valence-electron chi connectivity index (χ4n) is 2.50. The Morgan fingerprint density at radius 1 is 1.04 bits per heavy atom. The van der Waals surface area contributed by atoms with Gasteiger partial charge in [0.25, 0.3) is 0 Å². The van der Waals surface area contributed by atoms with Crippen LogP contribution in [0, 0.1) is 6.92 Å². The largest absolute Gasteiger partial charge is 0.490 e. The van der Waals surface area contributed by atoms with Crippen molar-refractivity contribution in [2.75, 3.05) is 26.9 Å². The van der Waals surface area contributed by atoms with Crippen LogP contribution in [0.1, 0.15) is 30.0 Å². The minimum atomic E-state index is 0.477. The molecule has 0 saturated carbocycles. The summed E-state index contributed by atoms with van der Waals surface area (Å²) in [6.07, 6.45) is 0.962. The summed E-state index contributed by atoms with van der Waals surface area (Å²) in [6.45, 7) is 7.38. The van der Waals surface area contributed by atoms with Crippen LogP contribution in [0.25, 0.3) is 0 Å². The highest BCUT2D eigenvalue weighted by Gasteiger charge is 2.11. The molecular weight excluding hydrogens is 350 g/mol. The van der Waals surface area contributed by atoms with Gasteiger partial charge < -0.3 is 19.5 Å². The summed E-state index contributed by atoms with van der Waals surface area (Å²) >= 11 is 6.44. The number of nitrogens with one attached hydrogen (secondary N) is 1. The average molecular weight is 378 g/mol. The highest BCUT2D eigenvalue weighted by molar-refractivity contribution is 6.31. The predicted molar refractivity (Wildman–Crippen MR) is 106 cm³/mol. The zero-order chi connectivity index (χ0) is 18.8. The van der Waals surface area contributed by atoms with Crippen LogP contribution in [0.2, 0.25) is 5.02 Å². The molecule has 0 aliphatic carbocycles. The molecule has 0 radical (unpaired) electrons. The molecule has 1 N–H and O–H groups in total. The molecule has 0 aliphatic heterocycles. The zero-order valence-corrected chi connectivity index (χ0v) is 16.6. The summed E-state index contributed by atoms with van der Waals surface area (Å²) in [7, 11) is 1.71. The van der Waals surface area contributed by atoms with E-state index < -0.39 is 0 Å². The molecule has 0 bridgehead atoms. The van der Waals surface area contributed by atoms with Crippen molar-refractivity contribution in [1.29, 1.82) is 0 Å². The van der Waals surface area contributed by atoms with Gasteiger partial charge in [-0.3, -0.25) is 0 Å². The summed E-state index contributed by atoms with van der Waals surface area (Å²) in [5, 5.41) is 4.04. The van der Waals surface area contributed by atoms with Gasteiger partial charge in [-0.1, -0.05) is 41.4 Å². The Balaban J connectivity index is 2.03. The Morgan fingerprint density at radius 2 is 1.77 bits per heavy atom. The van der Waals surface area contributed by atoms with Crippen LogP contribution in [-0.4, -0.2) is 26.9 Å². The molecule has 0 aromatic heterocycles. The second kappa shape index (κ2) is 11.1. The van der Waals surface area contributed by atoms with E-state index in [1.807, 2.05) is 19.1 Å². The van der Waals surface area contributed by atoms with Crippen LogP contribution in [0.5, 0.6) is 11.5 Å². The first kappa shape index (κ1) is 20.6. The number of hydrogen-bond acceptors (Lipinski definition) is 4. The highest BCUT2D eigenvalue weighted by Crippen LogP contribution is 2.34. The van der Waals surface area contributed by atoms with Gasteiger partial charge in [-0.2, -0.15) is 0 Å². The van der Waals surface area contributed by atoms with Gasteiger partial charge >= 0.3 is 0 Å². The van der Waals surface area contributed by atoms with Crippen molar-refractivity contribution >= 4 is 11.6 Å². The van der Waals surface area contributed by atoms with Crippen LogP contribution < -0.4 is 14.8 Å². The van der Waals surface area contributed by atoms with E-state index in [9.17, 15) is 0 Å². The Bertz CT molecular complexity index is 674. The second-order valence-corrected chi connectivity index (χ2v) is 6.53. The van der Waals surface area contributed by atoms with Crippen molar-refractivity contribution in [3.63, 3.8) is 0 Å². The molecule has 26 heavy (non-hydrogen) atoms. The van der Waals surface area contributed by atoms with Crippen molar-refractivity contribution in [1.82, 2.24) is 5.32 Å². The summed E-state index contributed by atoms with van der Waals surface area (Å²) in [4.78, 5) is 0. The maximum absolute atomic E-state index is 6.44. The first-order valence-electron chi connectivity index (χ1n) is 8.97. The Morgan fingerprint density at radius 3 is 2.46 bits per heavy atom. The lowest BCUT2D eigenvalue weighted by atomic mass is 10.1. The average Bonchev–Trinajstić information content (AvgIpc) is 2.64. The van der Waals surface area contributed by atoms with Crippen molar-refractivity contribution in [2.45, 2.75) is 33.4 Å². The number of halogens is 1. The molecule has 4 nitrogen and oxygen atoms in total. The molecule has 2 aromatic carbocycles. The van der Waals surface area contributed by atoms with Crippen LogP contribution in [-0.2, 0) is 17.9 Å². The quantitative estimate of drug-likeness (QED) is 0.573. The molecule has 0 amide bonds. The van der Waals surface area contributed by atoms with E-state index in [1.54, 1.807) is 7.11 Å². The number of benzene rings is 2. The summed E-state index contributed by atoms with van der Waals surface area (Å²) in [6, 6.07) is 12.1. The molecule has 142 valence electrons. The first-order valence-corrected chi connectivity index (χ1v) is 9.35. The first-order chi connectivity index (χ1) is 12.6. The number of ether oxygens (including phenoxy) is 3. The third-order valence-corrected chi connectivity index (χ3v) is 4.30. The minimum Gasteiger partial charge on any atom is -0.490 e. The van der Waals surface area contributed by atoms with E-state index in [1.165, 1.54) is 5.56 Å². The van der Waals surface area contributed by atoms with E-state index in [4.69, 9.17) is 25.8 Å². The highest BCUT2D eigenvalue weighted by atomic mass is 35.5. The summed E-state index contributed by atoms with van der Waals surface area (Å²) in [5.74, 6) is 1.39. The standard InChI is InChI=1S/C21H28ClNO3/c1-4-25-20-12-18(14-23-10-5-11-24-3)19(22)13-21(20)26-15-17-8-6-16(2)7-9-17/h6-9,12-13,23H,4-5,10-11,14-15H2,1-3H3. The summed E-state index contributed by atoms with van der Waals surface area (Å²) in [5.41, 5.74) is 3.34. The zero-order valence-electron chi connectivity index (χ0n) is 15.8. The molecule has 2 rings (SSSR count). The number of rotatable bonds is 11. The molecule has 5 heteroatoms. The molecule has 0 spiro atoms. The van der Waals surface area contributed by atoms with Crippen LogP contribution in [0.3, 0.4) is 0 Å². The molecule has 0 fully saturated rings. The Kier molecular flexibility index (Phi) is 8.75. The smallest absolute Gasteiger partial charge is 0.163 e. The lowest BCUT2D eigenvalue weighted by molar-refractivity contribution is 0.194. The molecule has 0 unspecified atom stereocenters. The maximum Gasteiger partial charge on any atom is 0.163 e. The fourth-order valence-corrected chi connectivity index (χ4v) is 2.72. The second-order valence-electron chi connectivity index (χ2n) is 6.12. The van der Waals surface area contributed by atoms with Gasteiger partial charge in [-0.15, -0.1) is 0 Å². The number of methoxy groups -OCH3 is 1. The molecule has 0 aliphatic rings. The monoisotopic (exact) mass is 377 g/mol. The molecular formula is C21H28ClNO3. The van der Waals surface area contributed by atoms with E-state index in [0.717, 1.165) is 36.4 Å². The van der Waals surface area contributed by atoms with Crippen molar-refractivity contribution in [3.8, 4) is 11.5 Å². The third-order valence-electron chi connectivity index (χ3n) is 3.95. The van der Waals surface area contributed by atoms with Gasteiger partial charge in [-0.25, -0.2) is 0 Å². The molecule has 0 heterocycles. The third kappa shape index (κ3) is 6.52. The normalized spacial score (nSPS) is 10.8. The number of aryl methyl sites for hydroxylation is 1. The van der Waals surface area contributed by atoms with Gasteiger partial charge in [0.15, 0.2) is 11.5 Å². The number of hydrogen-bond donors (Lipinski definition) is 1. The van der Waals surface area contributed by atoms with Crippen LogP contribution >= 0.6 is 11.6 Å². The van der Waals surface area contributed by atoms with Crippen LogP contribution in [0.15, 0.2) is 36.4 Å². The lowest BCUT2D eigenvalue weighted by Crippen LogP contribution is -2.16. The van der Waals surface area contributed by atoms with Gasteiger partial charge in [-0.05, 0) is 44.0 Å². The Labute approximate surface area is 161 Å². The SMILES string of the molecule is CCOc1cc(CNCCCOC)c(Cl)cc1OCc1ccc(C)cc1. The predicted octanol–water partition coefficient (Wildman–Crippen LogP) is 4.75. The van der Waals surface area contributed by atoms with Gasteiger partial charge in [0.1, 0.15) is 6.61 Å². The summed E-state index contributed by atoms with van der Waals surface area (Å²) < 4.78 is 16.8. The van der Waals surface area contributed by atoms with Gasteiger partial charge in [0.05, 0.1) is 6.61 Å². The van der Waals surface area contributed by atoms with Crippen LogP contribution in [0.4, 0.5) is 0 Å². The maximum atomic E-state index is 6.44. The van der Waals surface area contributed by atoms with Crippen molar-refractivity contribution in [2.24, 2.45) is 0 Å². The van der Waals surface area contributed by atoms with Crippen molar-refractivity contribution < 1.29 is 14.2 Å². The van der Waals surface area contributed by atoms with Gasteiger partial charge in [0, 0.05) is 31.4 Å². The topological polar surface area (TPSA) is 39.7 Å². The minimum absolute atomic E-state index is 0.477. The van der Waals surface area contributed by atoms with E-state index in [-0.39, 0.29) is 0 Å². The molecule has 2 aromatic rings. The van der Waals surface area contributed by atoms with E-state index in [0.29, 0.717) is 30.5 Å². The van der Waals surface area contributed by atoms with E-state index >= 15 is 0 Å². The van der Waals surface area contributed by atoms with E-state index in [2.05, 4.69) is 36.5 Å². The molecule has 0 saturated heterocycles.